The van der Waals surface area contributed by atoms with Crippen molar-refractivity contribution in [1.29, 1.82) is 0 Å². The average molecular weight is 258 g/mol. The van der Waals surface area contributed by atoms with Gasteiger partial charge in [-0.2, -0.15) is 5.10 Å². The minimum atomic E-state index is -2.82. The topological polar surface area (TPSA) is 90.0 Å². The molecule has 1 aromatic heterocycles. The molecule has 7 heteroatoms. The van der Waals surface area contributed by atoms with Gasteiger partial charge in [-0.1, -0.05) is 0 Å². The lowest BCUT2D eigenvalue weighted by Crippen LogP contribution is -2.31. The maximum atomic E-state index is 11.4. The molecular formula is C10H18N4O2S. The van der Waals surface area contributed by atoms with Crippen LogP contribution in [0, 0.1) is 5.92 Å². The number of aromatic nitrogens is 2. The molecule has 1 aliphatic rings. The maximum Gasteiger partial charge on any atom is 0.150 e. The lowest BCUT2D eigenvalue weighted by Gasteiger charge is -2.19. The Morgan fingerprint density at radius 2 is 2.47 bits per heavy atom. The van der Waals surface area contributed by atoms with E-state index in [4.69, 9.17) is 5.84 Å². The van der Waals surface area contributed by atoms with E-state index in [9.17, 15) is 8.42 Å². The highest BCUT2D eigenvalue weighted by atomic mass is 32.2. The molecule has 3 N–H and O–H groups in total. The Morgan fingerprint density at radius 3 is 2.94 bits per heavy atom. The van der Waals surface area contributed by atoms with Crippen molar-refractivity contribution >= 4 is 9.84 Å². The molecule has 0 bridgehead atoms. The number of nitrogens with two attached hydrogens (primary N) is 1. The normalized spacial score (nSPS) is 24.9. The van der Waals surface area contributed by atoms with E-state index in [1.807, 2.05) is 13.1 Å². The first kappa shape index (κ1) is 12.5. The molecule has 0 spiro atoms. The number of aryl methyl sites for hydroxylation is 1. The molecule has 1 saturated heterocycles. The molecule has 2 heterocycles. The van der Waals surface area contributed by atoms with Crippen LogP contribution in [-0.4, -0.2) is 29.7 Å². The zero-order valence-electron chi connectivity index (χ0n) is 9.83. The molecule has 1 fully saturated rings. The van der Waals surface area contributed by atoms with E-state index < -0.39 is 9.84 Å². The van der Waals surface area contributed by atoms with Gasteiger partial charge in [0.15, 0.2) is 9.84 Å². The largest absolute Gasteiger partial charge is 0.271 e. The van der Waals surface area contributed by atoms with Gasteiger partial charge in [0.25, 0.3) is 0 Å². The minimum Gasteiger partial charge on any atom is -0.271 e. The van der Waals surface area contributed by atoms with Gasteiger partial charge in [-0.15, -0.1) is 0 Å². The Hall–Kier alpha value is -0.920. The third-order valence-corrected chi connectivity index (χ3v) is 5.15. The molecule has 0 radical (unpaired) electrons. The summed E-state index contributed by atoms with van der Waals surface area (Å²) in [6, 6.07) is 1.86. The van der Waals surface area contributed by atoms with Gasteiger partial charge in [-0.3, -0.25) is 16.0 Å². The Balaban J connectivity index is 2.04. The molecule has 17 heavy (non-hydrogen) atoms. The number of nitrogens with one attached hydrogen (secondary N) is 1. The van der Waals surface area contributed by atoms with Crippen molar-refractivity contribution in [2.75, 3.05) is 11.5 Å². The number of hydrogen-bond donors (Lipinski definition) is 2. The Labute approximate surface area is 101 Å². The van der Waals surface area contributed by atoms with Crippen LogP contribution in [0.4, 0.5) is 0 Å². The quantitative estimate of drug-likeness (QED) is 0.574. The fraction of sp³-hybridized carbons (Fsp3) is 0.700. The Bertz CT molecular complexity index is 482. The molecule has 1 aliphatic heterocycles. The number of hydrazine groups is 1. The molecule has 2 rings (SSSR count). The molecular weight excluding hydrogens is 240 g/mol. The van der Waals surface area contributed by atoms with Crippen LogP contribution >= 0.6 is 0 Å². The van der Waals surface area contributed by atoms with Crippen LogP contribution in [0.5, 0.6) is 0 Å². The highest BCUT2D eigenvalue weighted by molar-refractivity contribution is 7.91. The van der Waals surface area contributed by atoms with Gasteiger partial charge in [0, 0.05) is 13.2 Å². The summed E-state index contributed by atoms with van der Waals surface area (Å²) in [4.78, 5) is 0. The third kappa shape index (κ3) is 2.85. The van der Waals surface area contributed by atoms with E-state index in [1.54, 1.807) is 10.9 Å². The van der Waals surface area contributed by atoms with Crippen LogP contribution in [0.3, 0.4) is 0 Å². The predicted molar refractivity (Wildman–Crippen MR) is 64.6 cm³/mol. The smallest absolute Gasteiger partial charge is 0.150 e. The summed E-state index contributed by atoms with van der Waals surface area (Å²) in [7, 11) is -0.967. The van der Waals surface area contributed by atoms with Crippen LogP contribution in [0.1, 0.15) is 24.6 Å². The lowest BCUT2D eigenvalue weighted by atomic mass is 9.98. The molecule has 0 amide bonds. The van der Waals surface area contributed by atoms with Crippen LogP contribution in [-0.2, 0) is 16.9 Å². The predicted octanol–water partition coefficient (Wildman–Crippen LogP) is -0.251. The van der Waals surface area contributed by atoms with E-state index in [0.29, 0.717) is 5.75 Å². The SMILES string of the molecule is Cn1nccc1C(CC1CCS(=O)(=O)C1)NN. The van der Waals surface area contributed by atoms with E-state index in [2.05, 4.69) is 10.5 Å². The Morgan fingerprint density at radius 1 is 1.71 bits per heavy atom. The number of sulfone groups is 1. The van der Waals surface area contributed by atoms with Crippen molar-refractivity contribution in [3.8, 4) is 0 Å². The fourth-order valence-electron chi connectivity index (χ4n) is 2.39. The highest BCUT2D eigenvalue weighted by Crippen LogP contribution is 2.28. The molecule has 96 valence electrons. The van der Waals surface area contributed by atoms with E-state index in [1.165, 1.54) is 0 Å². The Kier molecular flexibility index (Phi) is 3.50. The second kappa shape index (κ2) is 4.75. The number of hydrogen-bond acceptors (Lipinski definition) is 5. The van der Waals surface area contributed by atoms with E-state index in [-0.39, 0.29) is 17.7 Å². The fourth-order valence-corrected chi connectivity index (χ4v) is 4.27. The van der Waals surface area contributed by atoms with Crippen molar-refractivity contribution in [3.63, 3.8) is 0 Å². The second-order valence-corrected chi connectivity index (χ2v) is 6.83. The van der Waals surface area contributed by atoms with Crippen molar-refractivity contribution in [2.24, 2.45) is 18.8 Å². The summed E-state index contributed by atoms with van der Waals surface area (Å²) in [6.07, 6.45) is 3.18. The molecule has 2 atom stereocenters. The summed E-state index contributed by atoms with van der Waals surface area (Å²) >= 11 is 0. The monoisotopic (exact) mass is 258 g/mol. The first-order valence-electron chi connectivity index (χ1n) is 5.66. The van der Waals surface area contributed by atoms with Gasteiger partial charge in [0.2, 0.25) is 0 Å². The molecule has 1 aromatic rings. The first-order chi connectivity index (χ1) is 8.02. The second-order valence-electron chi connectivity index (χ2n) is 4.60. The lowest BCUT2D eigenvalue weighted by molar-refractivity contribution is 0.403. The van der Waals surface area contributed by atoms with E-state index >= 15 is 0 Å². The average Bonchev–Trinajstić information content (AvgIpc) is 2.81. The highest BCUT2D eigenvalue weighted by Gasteiger charge is 2.30. The van der Waals surface area contributed by atoms with Gasteiger partial charge in [-0.05, 0) is 24.8 Å². The number of rotatable bonds is 4. The van der Waals surface area contributed by atoms with Crippen LogP contribution in [0.2, 0.25) is 0 Å². The molecule has 6 nitrogen and oxygen atoms in total. The molecule has 0 aromatic carbocycles. The van der Waals surface area contributed by atoms with Crippen LogP contribution < -0.4 is 11.3 Å². The molecule has 0 saturated carbocycles. The number of nitrogens with zero attached hydrogens (tertiary/aromatic N) is 2. The van der Waals surface area contributed by atoms with Gasteiger partial charge in [-0.25, -0.2) is 8.42 Å². The zero-order chi connectivity index (χ0) is 12.5. The minimum absolute atomic E-state index is 0.0409. The van der Waals surface area contributed by atoms with Gasteiger partial charge in [0.05, 0.1) is 23.2 Å². The van der Waals surface area contributed by atoms with Crippen LogP contribution in [0.25, 0.3) is 0 Å². The van der Waals surface area contributed by atoms with Crippen molar-refractivity contribution in [2.45, 2.75) is 18.9 Å². The van der Waals surface area contributed by atoms with Crippen LogP contribution in [0.15, 0.2) is 12.3 Å². The van der Waals surface area contributed by atoms with E-state index in [0.717, 1.165) is 18.5 Å². The van der Waals surface area contributed by atoms with Gasteiger partial charge < -0.3 is 0 Å². The first-order valence-corrected chi connectivity index (χ1v) is 7.48. The summed E-state index contributed by atoms with van der Waals surface area (Å²) in [5, 5.41) is 4.09. The summed E-state index contributed by atoms with van der Waals surface area (Å²) in [5.74, 6) is 6.32. The van der Waals surface area contributed by atoms with Gasteiger partial charge >= 0.3 is 0 Å². The molecule has 0 aliphatic carbocycles. The summed E-state index contributed by atoms with van der Waals surface area (Å²) in [5.41, 5.74) is 3.73. The summed E-state index contributed by atoms with van der Waals surface area (Å²) in [6.45, 7) is 0. The van der Waals surface area contributed by atoms with Crippen molar-refractivity contribution < 1.29 is 8.42 Å². The molecule has 2 unspecified atom stereocenters. The zero-order valence-corrected chi connectivity index (χ0v) is 10.7. The van der Waals surface area contributed by atoms with Gasteiger partial charge in [0.1, 0.15) is 0 Å². The van der Waals surface area contributed by atoms with Crippen molar-refractivity contribution in [1.82, 2.24) is 15.2 Å². The van der Waals surface area contributed by atoms with Crippen molar-refractivity contribution in [3.05, 3.63) is 18.0 Å². The maximum absolute atomic E-state index is 11.4. The summed E-state index contributed by atoms with van der Waals surface area (Å²) < 4.78 is 24.5. The standard InChI is InChI=1S/C10H18N4O2S/c1-14-10(2-4-12-14)9(13-11)6-8-3-5-17(15,16)7-8/h2,4,8-9,13H,3,5-7,11H2,1H3. The third-order valence-electron chi connectivity index (χ3n) is 3.31.